The lowest BCUT2D eigenvalue weighted by Gasteiger charge is -2.19. The summed E-state index contributed by atoms with van der Waals surface area (Å²) in [5, 5.41) is 0. The largest absolute Gasteiger partial charge is 0.467 e. The van der Waals surface area contributed by atoms with Crippen LogP contribution in [0.2, 0.25) is 0 Å². The van der Waals surface area contributed by atoms with E-state index in [1.54, 1.807) is 13.4 Å². The number of nitrogens with one attached hydrogen (secondary N) is 1. The highest BCUT2D eigenvalue weighted by Crippen LogP contribution is 2.03. The van der Waals surface area contributed by atoms with Crippen LogP contribution in [-0.2, 0) is 11.3 Å². The van der Waals surface area contributed by atoms with Gasteiger partial charge >= 0.3 is 0 Å². The quantitative estimate of drug-likeness (QED) is 0.250. The van der Waals surface area contributed by atoms with Crippen molar-refractivity contribution in [1.82, 2.24) is 10.3 Å². The van der Waals surface area contributed by atoms with Gasteiger partial charge < -0.3 is 14.1 Å². The summed E-state index contributed by atoms with van der Waals surface area (Å²) in [6, 6.07) is 3.77. The molecule has 1 rings (SSSR count). The van der Waals surface area contributed by atoms with E-state index in [4.69, 9.17) is 15.0 Å². The highest BCUT2D eigenvalue weighted by Gasteiger charge is 2.06. The van der Waals surface area contributed by atoms with Crippen molar-refractivity contribution in [2.24, 2.45) is 10.8 Å². The highest BCUT2D eigenvalue weighted by atomic mass is 16.5. The van der Waals surface area contributed by atoms with Gasteiger partial charge in [-0.15, -0.1) is 0 Å². The van der Waals surface area contributed by atoms with Gasteiger partial charge in [-0.05, 0) is 18.6 Å². The molecule has 0 spiro atoms. The molecule has 96 valence electrons. The van der Waals surface area contributed by atoms with Crippen LogP contribution in [0.15, 0.2) is 27.8 Å². The standard InChI is InChI=1S/C11H20N4O2/c1-15(9-10-5-3-8-17-10)11(14-12)13-6-4-7-16-2/h3,5,8H,4,6-7,9,12H2,1-2H3,(H,13,14). The average Bonchev–Trinajstić information content (AvgIpc) is 2.82. The maximum Gasteiger partial charge on any atom is 0.208 e. The summed E-state index contributed by atoms with van der Waals surface area (Å²) in [6.45, 7) is 2.00. The van der Waals surface area contributed by atoms with Crippen LogP contribution in [0.3, 0.4) is 0 Å². The summed E-state index contributed by atoms with van der Waals surface area (Å²) < 4.78 is 10.2. The number of ether oxygens (including phenoxy) is 1. The summed E-state index contributed by atoms with van der Waals surface area (Å²) in [5.74, 6) is 6.94. The summed E-state index contributed by atoms with van der Waals surface area (Å²) in [6.07, 6.45) is 2.52. The van der Waals surface area contributed by atoms with E-state index in [2.05, 4.69) is 10.4 Å². The van der Waals surface area contributed by atoms with Crippen molar-refractivity contribution in [1.29, 1.82) is 0 Å². The lowest BCUT2D eigenvalue weighted by molar-refractivity contribution is 0.197. The SMILES string of the molecule is COCCCN=C(NN)N(C)Cc1ccco1. The predicted molar refractivity (Wildman–Crippen MR) is 66.3 cm³/mol. The second-order valence-electron chi connectivity index (χ2n) is 3.63. The first-order chi connectivity index (χ1) is 8.27. The molecule has 0 radical (unpaired) electrons. The number of rotatable bonds is 6. The van der Waals surface area contributed by atoms with Gasteiger partial charge in [0.05, 0.1) is 12.8 Å². The number of nitrogens with zero attached hydrogens (tertiary/aromatic N) is 2. The van der Waals surface area contributed by atoms with Gasteiger partial charge in [0.2, 0.25) is 5.96 Å². The van der Waals surface area contributed by atoms with Crippen molar-refractivity contribution in [2.75, 3.05) is 27.3 Å². The Kier molecular flexibility index (Phi) is 6.13. The minimum atomic E-state index is 0.625. The average molecular weight is 240 g/mol. The fraction of sp³-hybridized carbons (Fsp3) is 0.545. The van der Waals surface area contributed by atoms with Crippen molar-refractivity contribution >= 4 is 5.96 Å². The van der Waals surface area contributed by atoms with E-state index in [1.165, 1.54) is 0 Å². The molecule has 6 heteroatoms. The van der Waals surface area contributed by atoms with Crippen LogP contribution in [0.4, 0.5) is 0 Å². The van der Waals surface area contributed by atoms with E-state index in [9.17, 15) is 0 Å². The summed E-state index contributed by atoms with van der Waals surface area (Å²) in [7, 11) is 3.58. The van der Waals surface area contributed by atoms with Gasteiger partial charge in [0.25, 0.3) is 0 Å². The summed E-state index contributed by atoms with van der Waals surface area (Å²) >= 11 is 0. The minimum Gasteiger partial charge on any atom is -0.467 e. The molecule has 0 saturated heterocycles. The normalized spacial score (nSPS) is 11.6. The smallest absolute Gasteiger partial charge is 0.208 e. The zero-order valence-corrected chi connectivity index (χ0v) is 10.3. The molecule has 0 aliphatic rings. The van der Waals surface area contributed by atoms with E-state index >= 15 is 0 Å². The summed E-state index contributed by atoms with van der Waals surface area (Å²) in [5.41, 5.74) is 2.58. The third kappa shape index (κ3) is 4.88. The number of hydrogen-bond acceptors (Lipinski definition) is 4. The van der Waals surface area contributed by atoms with Crippen molar-refractivity contribution < 1.29 is 9.15 Å². The predicted octanol–water partition coefficient (Wildman–Crippen LogP) is 0.567. The third-order valence-electron chi connectivity index (χ3n) is 2.23. The van der Waals surface area contributed by atoms with Crippen LogP contribution in [0.5, 0.6) is 0 Å². The molecule has 6 nitrogen and oxygen atoms in total. The number of aliphatic imine (C=N–C) groups is 1. The fourth-order valence-corrected chi connectivity index (χ4v) is 1.38. The molecule has 0 amide bonds. The van der Waals surface area contributed by atoms with Crippen molar-refractivity contribution in [3.63, 3.8) is 0 Å². The van der Waals surface area contributed by atoms with E-state index in [0.717, 1.165) is 12.2 Å². The Bertz CT molecular complexity index is 324. The Balaban J connectivity index is 2.42. The van der Waals surface area contributed by atoms with Gasteiger partial charge in [-0.1, -0.05) is 0 Å². The number of nitrogens with two attached hydrogens (primary N) is 1. The number of methoxy groups -OCH3 is 1. The Morgan fingerprint density at radius 3 is 3.06 bits per heavy atom. The molecule has 0 aliphatic heterocycles. The third-order valence-corrected chi connectivity index (χ3v) is 2.23. The minimum absolute atomic E-state index is 0.625. The van der Waals surface area contributed by atoms with Crippen LogP contribution in [0.1, 0.15) is 12.2 Å². The van der Waals surface area contributed by atoms with Crippen LogP contribution < -0.4 is 11.3 Å². The Hall–Kier alpha value is -1.53. The molecule has 17 heavy (non-hydrogen) atoms. The first kappa shape index (κ1) is 13.5. The molecule has 0 unspecified atom stereocenters. The van der Waals surface area contributed by atoms with Gasteiger partial charge in [-0.3, -0.25) is 10.4 Å². The molecule has 0 fully saturated rings. The summed E-state index contributed by atoms with van der Waals surface area (Å²) in [4.78, 5) is 6.24. The first-order valence-corrected chi connectivity index (χ1v) is 5.51. The molecule has 0 bridgehead atoms. The van der Waals surface area contributed by atoms with Gasteiger partial charge in [-0.25, -0.2) is 5.84 Å². The second kappa shape index (κ2) is 7.70. The van der Waals surface area contributed by atoms with Gasteiger partial charge in [0.15, 0.2) is 0 Å². The Labute approximate surface area is 101 Å². The van der Waals surface area contributed by atoms with Crippen molar-refractivity contribution in [2.45, 2.75) is 13.0 Å². The molecule has 3 N–H and O–H groups in total. The van der Waals surface area contributed by atoms with Gasteiger partial charge in [-0.2, -0.15) is 0 Å². The van der Waals surface area contributed by atoms with Crippen LogP contribution in [-0.4, -0.2) is 38.2 Å². The molecule has 0 atom stereocenters. The Morgan fingerprint density at radius 2 is 2.47 bits per heavy atom. The molecule has 0 aliphatic carbocycles. The lowest BCUT2D eigenvalue weighted by atomic mass is 10.4. The molecule has 1 heterocycles. The van der Waals surface area contributed by atoms with E-state index < -0.39 is 0 Å². The first-order valence-electron chi connectivity index (χ1n) is 5.51. The molecular formula is C11H20N4O2. The molecule has 1 aromatic rings. The lowest BCUT2D eigenvalue weighted by Crippen LogP contribution is -2.42. The van der Waals surface area contributed by atoms with Crippen molar-refractivity contribution in [3.8, 4) is 0 Å². The number of furan rings is 1. The maximum absolute atomic E-state index is 5.43. The second-order valence-corrected chi connectivity index (χ2v) is 3.63. The monoisotopic (exact) mass is 240 g/mol. The maximum atomic E-state index is 5.43. The zero-order valence-electron chi connectivity index (χ0n) is 10.3. The highest BCUT2D eigenvalue weighted by molar-refractivity contribution is 5.79. The molecule has 0 saturated carbocycles. The van der Waals surface area contributed by atoms with Crippen LogP contribution >= 0.6 is 0 Å². The number of hydrogen-bond donors (Lipinski definition) is 2. The topological polar surface area (TPSA) is 76.0 Å². The van der Waals surface area contributed by atoms with E-state index in [-0.39, 0.29) is 0 Å². The fourth-order valence-electron chi connectivity index (χ4n) is 1.38. The van der Waals surface area contributed by atoms with Crippen molar-refractivity contribution in [3.05, 3.63) is 24.2 Å². The molecule has 0 aromatic carbocycles. The van der Waals surface area contributed by atoms with Gasteiger partial charge in [0.1, 0.15) is 5.76 Å². The number of hydrazine groups is 1. The van der Waals surface area contributed by atoms with E-state index in [0.29, 0.717) is 25.7 Å². The van der Waals surface area contributed by atoms with Crippen LogP contribution in [0.25, 0.3) is 0 Å². The molecular weight excluding hydrogens is 220 g/mol. The van der Waals surface area contributed by atoms with E-state index in [1.807, 2.05) is 24.1 Å². The van der Waals surface area contributed by atoms with Gasteiger partial charge in [0, 0.05) is 27.3 Å². The van der Waals surface area contributed by atoms with Crippen LogP contribution in [0, 0.1) is 0 Å². The molecule has 1 aromatic heterocycles. The zero-order chi connectivity index (χ0) is 12.5. The number of guanidine groups is 1. The Morgan fingerprint density at radius 1 is 1.65 bits per heavy atom.